The zero-order valence-corrected chi connectivity index (χ0v) is 16.0. The van der Waals surface area contributed by atoms with Gasteiger partial charge in [0.2, 0.25) is 5.91 Å². The van der Waals surface area contributed by atoms with Crippen molar-refractivity contribution in [1.29, 1.82) is 0 Å². The number of carbonyl (C=O) groups excluding carboxylic acids is 2. The fraction of sp³-hybridized carbons (Fsp3) is 0.190. The van der Waals surface area contributed by atoms with Crippen LogP contribution in [0.2, 0.25) is 5.02 Å². The lowest BCUT2D eigenvalue weighted by molar-refractivity contribution is -0.116. The van der Waals surface area contributed by atoms with Gasteiger partial charge in [-0.3, -0.25) is 9.59 Å². The van der Waals surface area contributed by atoms with E-state index in [1.807, 2.05) is 13.0 Å². The quantitative estimate of drug-likeness (QED) is 0.657. The summed E-state index contributed by atoms with van der Waals surface area (Å²) in [6.07, 6.45) is 0.0181. The molecule has 1 aliphatic rings. The van der Waals surface area contributed by atoms with Crippen LogP contribution in [-0.4, -0.2) is 21.5 Å². The molecule has 0 aliphatic carbocycles. The molecule has 1 amide bonds. The Kier molecular flexibility index (Phi) is 4.51. The number of aryl methyl sites for hydroxylation is 1. The summed E-state index contributed by atoms with van der Waals surface area (Å²) < 4.78 is 14.8. The van der Waals surface area contributed by atoms with Crippen molar-refractivity contribution in [3.63, 3.8) is 0 Å². The number of nitrogens with one attached hydrogen (secondary N) is 1. The molecule has 1 aliphatic heterocycles. The number of benzene rings is 2. The Morgan fingerprint density at radius 1 is 1.21 bits per heavy atom. The third kappa shape index (κ3) is 2.99. The molecule has 0 spiro atoms. The number of ketones is 1. The molecule has 142 valence electrons. The standard InChI is InChI=1S/C21H17ClFN3O2/c1-11-16(22)4-3-5-17(11)26-21-19(12(2)25-26)15(10-18(27)24-21)20(28)13-6-8-14(23)9-7-13/h3-9,15H,10H2,1-2H3,(H,24,27). The predicted octanol–water partition coefficient (Wildman–Crippen LogP) is 4.59. The maximum absolute atomic E-state index is 13.2. The number of hydrogen-bond donors (Lipinski definition) is 1. The molecule has 0 radical (unpaired) electrons. The smallest absolute Gasteiger partial charge is 0.226 e. The van der Waals surface area contributed by atoms with E-state index in [4.69, 9.17) is 11.6 Å². The lowest BCUT2D eigenvalue weighted by Crippen LogP contribution is -2.28. The molecule has 2 aromatic carbocycles. The van der Waals surface area contributed by atoms with Crippen LogP contribution in [0, 0.1) is 19.7 Å². The van der Waals surface area contributed by atoms with E-state index in [2.05, 4.69) is 10.4 Å². The summed E-state index contributed by atoms with van der Waals surface area (Å²) in [5.74, 6) is -1.13. The molecule has 3 aromatic rings. The first-order valence-electron chi connectivity index (χ1n) is 8.81. The predicted molar refractivity (Wildman–Crippen MR) is 105 cm³/mol. The fourth-order valence-electron chi connectivity index (χ4n) is 3.59. The van der Waals surface area contributed by atoms with Gasteiger partial charge in [-0.1, -0.05) is 17.7 Å². The number of halogens is 2. The van der Waals surface area contributed by atoms with E-state index < -0.39 is 11.7 Å². The van der Waals surface area contributed by atoms with E-state index >= 15 is 0 Å². The molecule has 0 saturated heterocycles. The van der Waals surface area contributed by atoms with Crippen LogP contribution in [0.1, 0.15) is 39.5 Å². The molecule has 0 fully saturated rings. The molecule has 1 aromatic heterocycles. The first kappa shape index (κ1) is 18.4. The molecule has 2 heterocycles. The summed E-state index contributed by atoms with van der Waals surface area (Å²) in [5, 5.41) is 8.00. The highest BCUT2D eigenvalue weighted by Crippen LogP contribution is 2.39. The van der Waals surface area contributed by atoms with Crippen LogP contribution in [0.25, 0.3) is 5.69 Å². The van der Waals surface area contributed by atoms with Gasteiger partial charge >= 0.3 is 0 Å². The summed E-state index contributed by atoms with van der Waals surface area (Å²) in [6, 6.07) is 10.8. The van der Waals surface area contributed by atoms with E-state index in [9.17, 15) is 14.0 Å². The second-order valence-electron chi connectivity index (χ2n) is 6.82. The monoisotopic (exact) mass is 397 g/mol. The minimum atomic E-state index is -0.678. The molecule has 0 saturated carbocycles. The van der Waals surface area contributed by atoms with Crippen LogP contribution in [0.15, 0.2) is 42.5 Å². The summed E-state index contributed by atoms with van der Waals surface area (Å²) >= 11 is 6.24. The Labute approximate surface area is 166 Å². The minimum absolute atomic E-state index is 0.0181. The van der Waals surface area contributed by atoms with Gasteiger partial charge in [-0.15, -0.1) is 0 Å². The van der Waals surface area contributed by atoms with Gasteiger partial charge in [0.1, 0.15) is 11.6 Å². The van der Waals surface area contributed by atoms with Gasteiger partial charge in [0.15, 0.2) is 5.78 Å². The molecule has 1 unspecified atom stereocenters. The first-order valence-corrected chi connectivity index (χ1v) is 9.19. The van der Waals surface area contributed by atoms with Gasteiger partial charge in [0.05, 0.1) is 17.3 Å². The largest absolute Gasteiger partial charge is 0.310 e. The highest BCUT2D eigenvalue weighted by Gasteiger charge is 2.36. The van der Waals surface area contributed by atoms with Crippen molar-refractivity contribution in [3.8, 4) is 5.69 Å². The number of hydrogen-bond acceptors (Lipinski definition) is 3. The Bertz CT molecular complexity index is 1110. The molecule has 4 rings (SSSR count). The number of aromatic nitrogens is 2. The van der Waals surface area contributed by atoms with Crippen LogP contribution < -0.4 is 5.32 Å². The topological polar surface area (TPSA) is 64.0 Å². The zero-order valence-electron chi connectivity index (χ0n) is 15.3. The summed E-state index contributed by atoms with van der Waals surface area (Å²) in [7, 11) is 0. The van der Waals surface area contributed by atoms with Crippen LogP contribution in [-0.2, 0) is 4.79 Å². The lowest BCUT2D eigenvalue weighted by atomic mass is 9.85. The number of rotatable bonds is 3. The zero-order chi connectivity index (χ0) is 20.0. The number of amides is 1. The number of nitrogens with zero attached hydrogens (tertiary/aromatic N) is 2. The van der Waals surface area contributed by atoms with E-state index in [0.29, 0.717) is 27.7 Å². The van der Waals surface area contributed by atoms with Crippen LogP contribution in [0.5, 0.6) is 0 Å². The number of Topliss-reactive ketones (excluding diaryl/α,β-unsaturated/α-hetero) is 1. The van der Waals surface area contributed by atoms with Gasteiger partial charge in [-0.05, 0) is 55.8 Å². The molecule has 7 heteroatoms. The molecule has 5 nitrogen and oxygen atoms in total. The van der Waals surface area contributed by atoms with Gasteiger partial charge < -0.3 is 5.32 Å². The minimum Gasteiger partial charge on any atom is -0.310 e. The highest BCUT2D eigenvalue weighted by molar-refractivity contribution is 6.31. The van der Waals surface area contributed by atoms with Crippen LogP contribution >= 0.6 is 11.6 Å². The van der Waals surface area contributed by atoms with Gasteiger partial charge in [0, 0.05) is 22.6 Å². The Hall–Kier alpha value is -2.99. The Balaban J connectivity index is 1.84. The van der Waals surface area contributed by atoms with Crippen LogP contribution in [0.3, 0.4) is 0 Å². The molecule has 28 heavy (non-hydrogen) atoms. The Morgan fingerprint density at radius 2 is 1.93 bits per heavy atom. The highest BCUT2D eigenvalue weighted by atomic mass is 35.5. The van der Waals surface area contributed by atoms with E-state index in [1.165, 1.54) is 24.3 Å². The maximum Gasteiger partial charge on any atom is 0.226 e. The molecule has 0 bridgehead atoms. The molecule has 1 N–H and O–H groups in total. The Morgan fingerprint density at radius 3 is 2.64 bits per heavy atom. The van der Waals surface area contributed by atoms with Crippen LogP contribution in [0.4, 0.5) is 10.2 Å². The van der Waals surface area contributed by atoms with Crippen molar-refractivity contribution in [2.24, 2.45) is 0 Å². The molecule has 1 atom stereocenters. The third-order valence-corrected chi connectivity index (χ3v) is 5.42. The summed E-state index contributed by atoms with van der Waals surface area (Å²) in [6.45, 7) is 3.67. The van der Waals surface area contributed by atoms with Gasteiger partial charge in [-0.25, -0.2) is 9.07 Å². The molecular weight excluding hydrogens is 381 g/mol. The number of carbonyl (C=O) groups is 2. The van der Waals surface area contributed by atoms with Crippen molar-refractivity contribution >= 4 is 29.1 Å². The fourth-order valence-corrected chi connectivity index (χ4v) is 3.76. The van der Waals surface area contributed by atoms with Crippen molar-refractivity contribution in [2.45, 2.75) is 26.2 Å². The maximum atomic E-state index is 13.2. The van der Waals surface area contributed by atoms with E-state index in [1.54, 1.807) is 23.7 Å². The SMILES string of the molecule is Cc1nn(-c2cccc(Cl)c2C)c2c1C(C(=O)c1ccc(F)cc1)CC(=O)N2. The lowest BCUT2D eigenvalue weighted by Gasteiger charge is -2.23. The second kappa shape index (κ2) is 6.87. The van der Waals surface area contributed by atoms with Crippen molar-refractivity contribution < 1.29 is 14.0 Å². The van der Waals surface area contributed by atoms with E-state index in [-0.39, 0.29) is 18.1 Å². The second-order valence-corrected chi connectivity index (χ2v) is 7.23. The van der Waals surface area contributed by atoms with Crippen molar-refractivity contribution in [3.05, 3.63) is 75.7 Å². The van der Waals surface area contributed by atoms with E-state index in [0.717, 1.165) is 11.3 Å². The summed E-state index contributed by atoms with van der Waals surface area (Å²) in [5.41, 5.74) is 3.23. The summed E-state index contributed by atoms with van der Waals surface area (Å²) in [4.78, 5) is 25.5. The van der Waals surface area contributed by atoms with Gasteiger partial charge in [0.25, 0.3) is 0 Å². The van der Waals surface area contributed by atoms with Crippen molar-refractivity contribution in [1.82, 2.24) is 9.78 Å². The third-order valence-electron chi connectivity index (χ3n) is 5.02. The number of anilines is 1. The van der Waals surface area contributed by atoms with Crippen molar-refractivity contribution in [2.75, 3.05) is 5.32 Å². The average molecular weight is 398 g/mol. The normalized spacial score (nSPS) is 15.9. The molecular formula is C21H17ClFN3O2. The first-order chi connectivity index (χ1) is 13.4. The van der Waals surface area contributed by atoms with Gasteiger partial charge in [-0.2, -0.15) is 5.10 Å². The average Bonchev–Trinajstić information content (AvgIpc) is 2.99. The number of fused-ring (bicyclic) bond motifs is 1.